The highest BCUT2D eigenvalue weighted by molar-refractivity contribution is 6.31. The van der Waals surface area contributed by atoms with Gasteiger partial charge < -0.3 is 5.11 Å². The van der Waals surface area contributed by atoms with Crippen LogP contribution in [0.25, 0.3) is 0 Å². The van der Waals surface area contributed by atoms with Crippen LogP contribution >= 0.6 is 11.6 Å². The lowest BCUT2D eigenvalue weighted by Crippen LogP contribution is -2.26. The molecule has 2 nitrogen and oxygen atoms in total. The van der Waals surface area contributed by atoms with Crippen molar-refractivity contribution in [2.24, 2.45) is 5.41 Å². The molecule has 0 atom stereocenters. The van der Waals surface area contributed by atoms with E-state index >= 15 is 0 Å². The fourth-order valence-corrected chi connectivity index (χ4v) is 1.43. The summed E-state index contributed by atoms with van der Waals surface area (Å²) in [5.41, 5.74) is -0.429. The molecule has 0 aromatic heterocycles. The monoisotopic (exact) mass is 230 g/mol. The summed E-state index contributed by atoms with van der Waals surface area (Å²) in [6.07, 6.45) is 0.207. The van der Waals surface area contributed by atoms with Crippen LogP contribution < -0.4 is 0 Å². The molecule has 4 heteroatoms. The van der Waals surface area contributed by atoms with Crippen molar-refractivity contribution in [2.45, 2.75) is 20.3 Å². The van der Waals surface area contributed by atoms with Crippen LogP contribution in [0.3, 0.4) is 0 Å². The molecule has 0 aliphatic rings. The maximum Gasteiger partial charge on any atom is 0.309 e. The molecule has 0 saturated heterocycles. The Bertz CT molecular complexity index is 388. The number of benzene rings is 1. The lowest BCUT2D eigenvalue weighted by molar-refractivity contribution is -0.146. The van der Waals surface area contributed by atoms with E-state index in [1.807, 2.05) is 0 Å². The van der Waals surface area contributed by atoms with E-state index in [4.69, 9.17) is 16.7 Å². The molecule has 0 fully saturated rings. The van der Waals surface area contributed by atoms with Gasteiger partial charge in [0.2, 0.25) is 0 Å². The second-order valence-corrected chi connectivity index (χ2v) is 4.46. The molecular formula is C11H12ClFO2. The largest absolute Gasteiger partial charge is 0.481 e. The third-order valence-corrected chi connectivity index (χ3v) is 2.67. The van der Waals surface area contributed by atoms with E-state index in [9.17, 15) is 9.18 Å². The van der Waals surface area contributed by atoms with Gasteiger partial charge in [0, 0.05) is 0 Å². The van der Waals surface area contributed by atoms with Crippen LogP contribution in [0.2, 0.25) is 5.02 Å². The zero-order valence-corrected chi connectivity index (χ0v) is 9.31. The molecule has 0 spiro atoms. The van der Waals surface area contributed by atoms with Crippen molar-refractivity contribution in [3.05, 3.63) is 34.6 Å². The maximum absolute atomic E-state index is 13.1. The normalized spacial score (nSPS) is 11.5. The Morgan fingerprint density at radius 1 is 1.53 bits per heavy atom. The smallest absolute Gasteiger partial charge is 0.309 e. The summed E-state index contributed by atoms with van der Waals surface area (Å²) in [7, 11) is 0. The fraction of sp³-hybridized carbons (Fsp3) is 0.364. The first-order valence-corrected chi connectivity index (χ1v) is 4.88. The molecule has 0 bridgehead atoms. The Hall–Kier alpha value is -1.09. The first-order chi connectivity index (χ1) is 6.84. The van der Waals surface area contributed by atoms with E-state index in [1.54, 1.807) is 19.9 Å². The third-order valence-electron chi connectivity index (χ3n) is 2.24. The van der Waals surface area contributed by atoms with Gasteiger partial charge in [0.1, 0.15) is 5.82 Å². The van der Waals surface area contributed by atoms with Gasteiger partial charge in [0.15, 0.2) is 0 Å². The minimum Gasteiger partial charge on any atom is -0.481 e. The van der Waals surface area contributed by atoms with Crippen molar-refractivity contribution in [1.82, 2.24) is 0 Å². The average Bonchev–Trinajstić information content (AvgIpc) is 2.12. The molecule has 0 radical (unpaired) electrons. The molecule has 1 rings (SSSR count). The number of carboxylic acid groups (broad SMARTS) is 1. The highest BCUT2D eigenvalue weighted by atomic mass is 35.5. The molecule has 1 aromatic carbocycles. The van der Waals surface area contributed by atoms with E-state index in [0.29, 0.717) is 5.56 Å². The fourth-order valence-electron chi connectivity index (χ4n) is 1.24. The summed E-state index contributed by atoms with van der Waals surface area (Å²) < 4.78 is 13.1. The number of aliphatic carboxylic acids is 1. The molecule has 15 heavy (non-hydrogen) atoms. The van der Waals surface area contributed by atoms with Crippen molar-refractivity contribution < 1.29 is 14.3 Å². The van der Waals surface area contributed by atoms with E-state index in [-0.39, 0.29) is 11.4 Å². The predicted octanol–water partition coefficient (Wildman–Crippen LogP) is 3.13. The average molecular weight is 231 g/mol. The van der Waals surface area contributed by atoms with Gasteiger partial charge in [-0.25, -0.2) is 4.39 Å². The number of halogens is 2. The summed E-state index contributed by atoms with van der Waals surface area (Å²) in [5, 5.41) is 8.93. The number of carboxylic acids is 1. The highest BCUT2D eigenvalue weighted by Gasteiger charge is 2.28. The highest BCUT2D eigenvalue weighted by Crippen LogP contribution is 2.28. The Balaban J connectivity index is 3.00. The lowest BCUT2D eigenvalue weighted by atomic mass is 9.86. The number of hydrogen-bond acceptors (Lipinski definition) is 1. The Kier molecular flexibility index (Phi) is 3.35. The van der Waals surface area contributed by atoms with E-state index in [1.165, 1.54) is 12.1 Å². The molecule has 0 saturated carbocycles. The molecule has 0 aliphatic carbocycles. The zero-order valence-electron chi connectivity index (χ0n) is 8.55. The van der Waals surface area contributed by atoms with Gasteiger partial charge in [0.25, 0.3) is 0 Å². The van der Waals surface area contributed by atoms with Gasteiger partial charge in [0.05, 0.1) is 10.4 Å². The van der Waals surface area contributed by atoms with Crippen LogP contribution in [0, 0.1) is 11.2 Å². The first kappa shape index (κ1) is 12.0. The van der Waals surface area contributed by atoms with E-state index < -0.39 is 17.2 Å². The van der Waals surface area contributed by atoms with Crippen molar-refractivity contribution in [3.8, 4) is 0 Å². The second kappa shape index (κ2) is 4.19. The third kappa shape index (κ3) is 2.69. The summed E-state index contributed by atoms with van der Waals surface area (Å²) in [4.78, 5) is 10.9. The van der Waals surface area contributed by atoms with Crippen LogP contribution in [0.4, 0.5) is 4.39 Å². The lowest BCUT2D eigenvalue weighted by Gasteiger charge is -2.19. The van der Waals surface area contributed by atoms with Crippen LogP contribution in [0.5, 0.6) is 0 Å². The second-order valence-electron chi connectivity index (χ2n) is 4.08. The van der Waals surface area contributed by atoms with E-state index in [2.05, 4.69) is 0 Å². The SMILES string of the molecule is CC(C)(Cc1cccc(F)c1Cl)C(=O)O. The zero-order chi connectivity index (χ0) is 11.6. The van der Waals surface area contributed by atoms with E-state index in [0.717, 1.165) is 0 Å². The van der Waals surface area contributed by atoms with Gasteiger partial charge in [-0.15, -0.1) is 0 Å². The number of carbonyl (C=O) groups is 1. The molecule has 1 aromatic rings. The molecule has 0 aliphatic heterocycles. The molecular weight excluding hydrogens is 219 g/mol. The molecule has 0 amide bonds. The topological polar surface area (TPSA) is 37.3 Å². The van der Waals surface area contributed by atoms with Crippen molar-refractivity contribution in [1.29, 1.82) is 0 Å². The van der Waals surface area contributed by atoms with Gasteiger partial charge in [-0.05, 0) is 31.9 Å². The molecule has 0 unspecified atom stereocenters. The van der Waals surface area contributed by atoms with Crippen molar-refractivity contribution >= 4 is 17.6 Å². The summed E-state index contributed by atoms with van der Waals surface area (Å²) in [6, 6.07) is 4.41. The predicted molar refractivity (Wildman–Crippen MR) is 56.5 cm³/mol. The van der Waals surface area contributed by atoms with Crippen LogP contribution in [-0.2, 0) is 11.2 Å². The molecule has 0 heterocycles. The minimum atomic E-state index is -0.947. The van der Waals surface area contributed by atoms with Gasteiger partial charge >= 0.3 is 5.97 Å². The van der Waals surface area contributed by atoms with Crippen LogP contribution in [0.15, 0.2) is 18.2 Å². The van der Waals surface area contributed by atoms with Gasteiger partial charge in [-0.1, -0.05) is 23.7 Å². The summed E-state index contributed by atoms with van der Waals surface area (Å²) >= 11 is 5.74. The standard InChI is InChI=1S/C11H12ClFO2/c1-11(2,10(14)15)6-7-4-3-5-8(13)9(7)12/h3-5H,6H2,1-2H3,(H,14,15). The summed E-state index contributed by atoms with van der Waals surface area (Å²) in [5.74, 6) is -1.45. The Morgan fingerprint density at radius 2 is 2.13 bits per heavy atom. The quantitative estimate of drug-likeness (QED) is 0.866. The number of hydrogen-bond donors (Lipinski definition) is 1. The summed E-state index contributed by atoms with van der Waals surface area (Å²) in [6.45, 7) is 3.16. The Labute approximate surface area is 92.7 Å². The molecule has 1 N–H and O–H groups in total. The maximum atomic E-state index is 13.1. The molecule has 82 valence electrons. The van der Waals surface area contributed by atoms with Gasteiger partial charge in [-0.3, -0.25) is 4.79 Å². The van der Waals surface area contributed by atoms with Crippen molar-refractivity contribution in [2.75, 3.05) is 0 Å². The van der Waals surface area contributed by atoms with Gasteiger partial charge in [-0.2, -0.15) is 0 Å². The minimum absolute atomic E-state index is 0.00632. The van der Waals surface area contributed by atoms with Crippen LogP contribution in [0.1, 0.15) is 19.4 Å². The first-order valence-electron chi connectivity index (χ1n) is 4.51. The Morgan fingerprint density at radius 3 is 2.67 bits per heavy atom. The van der Waals surface area contributed by atoms with Crippen LogP contribution in [-0.4, -0.2) is 11.1 Å². The number of rotatable bonds is 3. The van der Waals surface area contributed by atoms with Crippen molar-refractivity contribution in [3.63, 3.8) is 0 Å².